The summed E-state index contributed by atoms with van der Waals surface area (Å²) in [7, 11) is 0. The molecule has 1 aliphatic rings. The van der Waals surface area contributed by atoms with Gasteiger partial charge >= 0.3 is 6.18 Å². The van der Waals surface area contributed by atoms with Gasteiger partial charge in [0.25, 0.3) is 0 Å². The highest BCUT2D eigenvalue weighted by Gasteiger charge is 2.28. The summed E-state index contributed by atoms with van der Waals surface area (Å²) in [5.74, 6) is 0.474. The predicted molar refractivity (Wildman–Crippen MR) is 79.8 cm³/mol. The van der Waals surface area contributed by atoms with Crippen molar-refractivity contribution in [3.63, 3.8) is 0 Å². The maximum Gasteiger partial charge on any atom is 0.422 e. The number of rotatable bonds is 6. The number of halogens is 3. The summed E-state index contributed by atoms with van der Waals surface area (Å²) in [6.45, 7) is -0.968. The lowest BCUT2D eigenvalue weighted by atomic mass is 10.0. The van der Waals surface area contributed by atoms with E-state index >= 15 is 0 Å². The number of amides is 1. The molecule has 2 rings (SSSR count). The molecule has 0 spiro atoms. The molecule has 2 atom stereocenters. The van der Waals surface area contributed by atoms with Crippen LogP contribution in [0.1, 0.15) is 31.2 Å². The molecule has 1 aliphatic carbocycles. The van der Waals surface area contributed by atoms with Crippen molar-refractivity contribution in [3.8, 4) is 5.75 Å². The zero-order chi connectivity index (χ0) is 16.9. The molecule has 0 unspecified atom stereocenters. The van der Waals surface area contributed by atoms with Gasteiger partial charge in [0.2, 0.25) is 5.91 Å². The lowest BCUT2D eigenvalue weighted by Crippen LogP contribution is -2.25. The van der Waals surface area contributed by atoms with Gasteiger partial charge in [0.15, 0.2) is 6.61 Å². The molecule has 128 valence electrons. The summed E-state index contributed by atoms with van der Waals surface area (Å²) >= 11 is 0. The number of hydrogen-bond acceptors (Lipinski definition) is 3. The Balaban J connectivity index is 1.72. The van der Waals surface area contributed by atoms with Crippen LogP contribution < -0.4 is 15.8 Å². The summed E-state index contributed by atoms with van der Waals surface area (Å²) in [6, 6.07) is 6.40. The van der Waals surface area contributed by atoms with Crippen LogP contribution in [0.15, 0.2) is 24.3 Å². The van der Waals surface area contributed by atoms with E-state index in [0.717, 1.165) is 24.8 Å². The summed E-state index contributed by atoms with van der Waals surface area (Å²) in [6.07, 6.45) is -1.04. The Bertz CT molecular complexity index is 517. The van der Waals surface area contributed by atoms with Crippen LogP contribution in [-0.2, 0) is 11.3 Å². The number of carbonyl (C=O) groups is 1. The average Bonchev–Trinajstić information content (AvgIpc) is 2.88. The first kappa shape index (κ1) is 17.6. The van der Waals surface area contributed by atoms with Gasteiger partial charge in [-0.3, -0.25) is 4.79 Å². The van der Waals surface area contributed by atoms with E-state index < -0.39 is 12.8 Å². The minimum absolute atomic E-state index is 0.0264. The molecule has 0 saturated heterocycles. The third-order valence-electron chi connectivity index (χ3n) is 3.87. The van der Waals surface area contributed by atoms with E-state index in [4.69, 9.17) is 5.73 Å². The fourth-order valence-corrected chi connectivity index (χ4v) is 2.70. The summed E-state index contributed by atoms with van der Waals surface area (Å²) < 4.78 is 40.7. The zero-order valence-electron chi connectivity index (χ0n) is 12.7. The van der Waals surface area contributed by atoms with Crippen molar-refractivity contribution in [3.05, 3.63) is 29.8 Å². The number of carbonyl (C=O) groups excluding carboxylic acids is 1. The molecule has 0 heterocycles. The lowest BCUT2D eigenvalue weighted by molar-refractivity contribution is -0.153. The highest BCUT2D eigenvalue weighted by atomic mass is 19.4. The first-order valence-electron chi connectivity index (χ1n) is 7.62. The SMILES string of the molecule is N[C@H]1CC[C@@H](CC(=O)NCc2ccc(OCC(F)(F)F)cc2)C1. The number of alkyl halides is 3. The fraction of sp³-hybridized carbons (Fsp3) is 0.562. The van der Waals surface area contributed by atoms with Crippen molar-refractivity contribution in [1.29, 1.82) is 0 Å². The molecule has 23 heavy (non-hydrogen) atoms. The van der Waals surface area contributed by atoms with Crippen LogP contribution in [0.2, 0.25) is 0 Å². The molecule has 3 N–H and O–H groups in total. The Morgan fingerprint density at radius 2 is 1.96 bits per heavy atom. The van der Waals surface area contributed by atoms with Crippen molar-refractivity contribution >= 4 is 5.91 Å². The summed E-state index contributed by atoms with van der Waals surface area (Å²) in [5.41, 5.74) is 6.62. The number of ether oxygens (including phenoxy) is 1. The molecular formula is C16H21F3N2O2. The minimum Gasteiger partial charge on any atom is -0.484 e. The van der Waals surface area contributed by atoms with Gasteiger partial charge in [0.05, 0.1) is 0 Å². The largest absolute Gasteiger partial charge is 0.484 e. The molecule has 1 saturated carbocycles. The molecule has 4 nitrogen and oxygen atoms in total. The second-order valence-electron chi connectivity index (χ2n) is 5.97. The van der Waals surface area contributed by atoms with Gasteiger partial charge < -0.3 is 15.8 Å². The number of benzene rings is 1. The van der Waals surface area contributed by atoms with Crippen LogP contribution in [-0.4, -0.2) is 24.7 Å². The maximum atomic E-state index is 12.0. The molecule has 0 aliphatic heterocycles. The van der Waals surface area contributed by atoms with Gasteiger partial charge in [-0.25, -0.2) is 0 Å². The van der Waals surface area contributed by atoms with Crippen LogP contribution in [0.4, 0.5) is 13.2 Å². The molecule has 1 amide bonds. The molecular weight excluding hydrogens is 309 g/mol. The molecule has 1 fully saturated rings. The van der Waals surface area contributed by atoms with E-state index in [0.29, 0.717) is 18.9 Å². The van der Waals surface area contributed by atoms with Gasteiger partial charge in [0.1, 0.15) is 5.75 Å². The Morgan fingerprint density at radius 3 is 2.52 bits per heavy atom. The molecule has 1 aromatic carbocycles. The highest BCUT2D eigenvalue weighted by Crippen LogP contribution is 2.26. The standard InChI is InChI=1S/C16H21F3N2O2/c17-16(18,19)10-23-14-5-2-11(3-6-14)9-21-15(22)8-12-1-4-13(20)7-12/h2-3,5-6,12-13H,1,4,7-10,20H2,(H,21,22)/t12-,13+/m1/s1. The zero-order valence-corrected chi connectivity index (χ0v) is 12.7. The van der Waals surface area contributed by atoms with E-state index in [1.807, 2.05) is 0 Å². The van der Waals surface area contributed by atoms with Crippen LogP contribution in [0, 0.1) is 5.92 Å². The van der Waals surface area contributed by atoms with Gasteiger partial charge in [-0.05, 0) is 42.9 Å². The van der Waals surface area contributed by atoms with E-state index in [1.54, 1.807) is 12.1 Å². The summed E-state index contributed by atoms with van der Waals surface area (Å²) in [4.78, 5) is 11.9. The van der Waals surface area contributed by atoms with E-state index in [2.05, 4.69) is 10.1 Å². The Kier molecular flexibility index (Phi) is 5.87. The number of nitrogens with two attached hydrogens (primary N) is 1. The monoisotopic (exact) mass is 330 g/mol. The second kappa shape index (κ2) is 7.68. The predicted octanol–water partition coefficient (Wildman–Crippen LogP) is 2.76. The Labute approximate surface area is 133 Å². The third kappa shape index (κ3) is 6.48. The molecule has 7 heteroatoms. The van der Waals surface area contributed by atoms with Crippen molar-refractivity contribution in [1.82, 2.24) is 5.32 Å². The quantitative estimate of drug-likeness (QED) is 0.843. The van der Waals surface area contributed by atoms with Crippen molar-refractivity contribution in [2.75, 3.05) is 6.61 Å². The third-order valence-corrected chi connectivity index (χ3v) is 3.87. The lowest BCUT2D eigenvalue weighted by Gasteiger charge is -2.11. The van der Waals surface area contributed by atoms with E-state index in [9.17, 15) is 18.0 Å². The van der Waals surface area contributed by atoms with Crippen molar-refractivity contribution < 1.29 is 22.7 Å². The number of nitrogens with one attached hydrogen (secondary N) is 1. The Morgan fingerprint density at radius 1 is 1.26 bits per heavy atom. The molecule has 0 aromatic heterocycles. The van der Waals surface area contributed by atoms with Crippen LogP contribution in [0.5, 0.6) is 5.75 Å². The van der Waals surface area contributed by atoms with Crippen molar-refractivity contribution in [2.45, 2.75) is 44.4 Å². The fourth-order valence-electron chi connectivity index (χ4n) is 2.70. The van der Waals surface area contributed by atoms with Gasteiger partial charge in [-0.15, -0.1) is 0 Å². The minimum atomic E-state index is -4.35. The Hall–Kier alpha value is -1.76. The molecule has 0 bridgehead atoms. The van der Waals surface area contributed by atoms with Gasteiger partial charge in [-0.2, -0.15) is 13.2 Å². The average molecular weight is 330 g/mol. The maximum absolute atomic E-state index is 12.0. The van der Waals surface area contributed by atoms with Gasteiger partial charge in [0, 0.05) is 19.0 Å². The number of hydrogen-bond donors (Lipinski definition) is 2. The topological polar surface area (TPSA) is 64.4 Å². The van der Waals surface area contributed by atoms with E-state index in [-0.39, 0.29) is 17.7 Å². The van der Waals surface area contributed by atoms with Gasteiger partial charge in [-0.1, -0.05) is 12.1 Å². The molecule has 1 aromatic rings. The first-order valence-corrected chi connectivity index (χ1v) is 7.62. The van der Waals surface area contributed by atoms with E-state index in [1.165, 1.54) is 12.1 Å². The second-order valence-corrected chi connectivity index (χ2v) is 5.97. The summed E-state index contributed by atoms with van der Waals surface area (Å²) in [5, 5.41) is 2.82. The van der Waals surface area contributed by atoms with Crippen LogP contribution in [0.3, 0.4) is 0 Å². The molecule has 0 radical (unpaired) electrons. The van der Waals surface area contributed by atoms with Crippen LogP contribution in [0.25, 0.3) is 0 Å². The van der Waals surface area contributed by atoms with Crippen molar-refractivity contribution in [2.24, 2.45) is 11.7 Å². The normalized spacial score (nSPS) is 21.2. The smallest absolute Gasteiger partial charge is 0.422 e. The van der Waals surface area contributed by atoms with Crippen LogP contribution >= 0.6 is 0 Å². The highest BCUT2D eigenvalue weighted by molar-refractivity contribution is 5.76. The first-order chi connectivity index (χ1) is 10.8.